The average molecular weight is 432 g/mol. The van der Waals surface area contributed by atoms with Gasteiger partial charge >= 0.3 is 21.4 Å². The van der Waals surface area contributed by atoms with Crippen molar-refractivity contribution in [1.82, 2.24) is 0 Å². The summed E-state index contributed by atoms with van der Waals surface area (Å²) in [5, 5.41) is 0. The van der Waals surface area contributed by atoms with Crippen LogP contribution in [0, 0.1) is 0 Å². The van der Waals surface area contributed by atoms with E-state index in [1.165, 1.54) is 0 Å². The molecule has 1 aliphatic rings. The van der Waals surface area contributed by atoms with Crippen LogP contribution in [0.3, 0.4) is 0 Å². The van der Waals surface area contributed by atoms with Crippen LogP contribution in [-0.4, -0.2) is 21.4 Å². The monoisotopic (exact) mass is 432 g/mol. The molecule has 0 atom stereocenters. The van der Waals surface area contributed by atoms with E-state index in [0.29, 0.717) is 0 Å². The zero-order valence-corrected chi connectivity index (χ0v) is 21.1. The fraction of sp³-hybridized carbons (Fsp3) is 0.308. The third-order valence-electron chi connectivity index (χ3n) is 4.00. The van der Waals surface area contributed by atoms with Crippen LogP contribution in [0.2, 0.25) is 0 Å². The second kappa shape index (κ2) is 19.4. The molecule has 0 bridgehead atoms. The van der Waals surface area contributed by atoms with Gasteiger partial charge in [0.25, 0.3) is 0 Å². The van der Waals surface area contributed by atoms with E-state index in [1.54, 1.807) is 0 Å². The van der Waals surface area contributed by atoms with Crippen molar-refractivity contribution in [3.8, 4) is 0 Å². The second-order valence-electron chi connectivity index (χ2n) is 5.92. The number of rotatable bonds is 5. The van der Waals surface area contributed by atoms with E-state index in [1.807, 2.05) is 146 Å². The lowest BCUT2D eigenvalue weighted by Gasteiger charge is -2.31. The predicted octanol–water partition coefficient (Wildman–Crippen LogP) is 6.03. The largest absolute Gasteiger partial charge is 0.467 e. The molecule has 0 aromatic heterocycles. The molecule has 1 saturated heterocycles. The molecule has 2 aromatic rings. The van der Waals surface area contributed by atoms with Crippen LogP contribution in [0.5, 0.6) is 0 Å². The Labute approximate surface area is 198 Å². The quantitative estimate of drug-likeness (QED) is 0.427. The zero-order chi connectivity index (χ0) is 24.2. The first kappa shape index (κ1) is 29.7. The van der Waals surface area contributed by atoms with Gasteiger partial charge in [0.05, 0.1) is 0 Å². The van der Waals surface area contributed by atoms with E-state index in [9.17, 15) is 0 Å². The minimum atomic E-state index is -0.522. The molecule has 1 aliphatic heterocycles. The summed E-state index contributed by atoms with van der Waals surface area (Å²) >= 11 is 0. The van der Waals surface area contributed by atoms with E-state index in [-0.39, 0.29) is 0 Å². The van der Waals surface area contributed by atoms with Crippen molar-refractivity contribution in [2.24, 2.45) is 0 Å². The van der Waals surface area contributed by atoms with Gasteiger partial charge in [-0.25, -0.2) is 0 Å². The minimum absolute atomic E-state index is 0.501. The Kier molecular flexibility index (Phi) is 18.0. The summed E-state index contributed by atoms with van der Waals surface area (Å²) in [6.45, 7) is 16.0. The molecule has 3 rings (SSSR count). The van der Waals surface area contributed by atoms with Crippen LogP contribution in [0.25, 0.3) is 0 Å². The summed E-state index contributed by atoms with van der Waals surface area (Å²) in [5.74, 6) is 0. The Hall–Kier alpha value is -2.27. The maximum absolute atomic E-state index is 6.14. The molecule has 3 nitrogen and oxygen atoms in total. The molecule has 0 radical (unpaired) electrons. The summed E-state index contributed by atoms with van der Waals surface area (Å²) in [6, 6.07) is 19.9. The van der Waals surface area contributed by atoms with Crippen molar-refractivity contribution in [2.75, 3.05) is 0 Å². The Morgan fingerprint density at radius 3 is 1.44 bits per heavy atom. The predicted molar refractivity (Wildman–Crippen MR) is 144 cm³/mol. The van der Waals surface area contributed by atoms with Crippen LogP contribution < -0.4 is 10.9 Å². The first-order valence-corrected chi connectivity index (χ1v) is 11.8. The van der Waals surface area contributed by atoms with Gasteiger partial charge in [-0.2, -0.15) is 0 Å². The molecule has 1 fully saturated rings. The number of benzene rings is 2. The molecule has 0 spiro atoms. The Morgan fingerprint density at radius 2 is 1.06 bits per heavy atom. The summed E-state index contributed by atoms with van der Waals surface area (Å²) in [6.07, 6.45) is 9.94. The molecule has 32 heavy (non-hydrogen) atoms. The van der Waals surface area contributed by atoms with Gasteiger partial charge in [0, 0.05) is 0 Å². The van der Waals surface area contributed by atoms with Crippen LogP contribution in [0.4, 0.5) is 0 Å². The van der Waals surface area contributed by atoms with Crippen molar-refractivity contribution in [2.45, 2.75) is 55.4 Å². The molecule has 0 saturated carbocycles. The normalized spacial score (nSPS) is 13.6. The van der Waals surface area contributed by atoms with Crippen molar-refractivity contribution in [3.05, 3.63) is 96.5 Å². The molecule has 0 N–H and O–H groups in total. The molecular weight excluding hydrogens is 393 g/mol. The van der Waals surface area contributed by atoms with Crippen LogP contribution >= 0.6 is 0 Å². The minimum Gasteiger partial charge on any atom is -0.445 e. The highest BCUT2D eigenvalue weighted by molar-refractivity contribution is 6.85. The summed E-state index contributed by atoms with van der Waals surface area (Å²) < 4.78 is 18.4. The van der Waals surface area contributed by atoms with E-state index in [4.69, 9.17) is 13.7 Å². The maximum Gasteiger partial charge on any atom is 0.467 e. The van der Waals surface area contributed by atoms with Crippen LogP contribution in [-0.2, 0) is 13.7 Å². The van der Waals surface area contributed by atoms with Gasteiger partial charge in [-0.15, -0.1) is 0 Å². The van der Waals surface area contributed by atoms with Gasteiger partial charge in [-0.3, -0.25) is 0 Å². The lowest BCUT2D eigenvalue weighted by Crippen LogP contribution is -2.58. The number of hydrogen-bond acceptors (Lipinski definition) is 3. The zero-order valence-electron chi connectivity index (χ0n) is 21.1. The van der Waals surface area contributed by atoms with Crippen LogP contribution in [0.1, 0.15) is 55.4 Å². The van der Waals surface area contributed by atoms with E-state index in [0.717, 1.165) is 16.4 Å². The van der Waals surface area contributed by atoms with E-state index < -0.39 is 21.4 Å². The van der Waals surface area contributed by atoms with Crippen molar-refractivity contribution >= 4 is 32.3 Å². The molecule has 6 heteroatoms. The molecular formula is C26H39B3O3. The SMILES string of the molecule is CC.CC.CC.C\C=C/C=C(\C=C/C)B1OB(c2ccccc2)OB(c2ccccc2)O1. The summed E-state index contributed by atoms with van der Waals surface area (Å²) in [5.41, 5.74) is 2.87. The summed E-state index contributed by atoms with van der Waals surface area (Å²) in [7, 11) is -1.52. The molecule has 0 amide bonds. The Morgan fingerprint density at radius 1 is 0.625 bits per heavy atom. The lowest BCUT2D eigenvalue weighted by molar-refractivity contribution is 0.306. The highest BCUT2D eigenvalue weighted by Gasteiger charge is 2.43. The van der Waals surface area contributed by atoms with Crippen molar-refractivity contribution < 1.29 is 13.7 Å². The number of hydrogen-bond donors (Lipinski definition) is 0. The Bertz CT molecular complexity index is 730. The summed E-state index contributed by atoms with van der Waals surface area (Å²) in [4.78, 5) is 0. The van der Waals surface area contributed by atoms with Gasteiger partial charge in [0.1, 0.15) is 0 Å². The van der Waals surface area contributed by atoms with Crippen LogP contribution in [0.15, 0.2) is 96.5 Å². The first-order valence-electron chi connectivity index (χ1n) is 11.8. The molecule has 0 aliphatic carbocycles. The average Bonchev–Trinajstić information content (AvgIpc) is 2.91. The molecule has 1 heterocycles. The highest BCUT2D eigenvalue weighted by atomic mass is 16.7. The van der Waals surface area contributed by atoms with Crippen molar-refractivity contribution in [3.63, 3.8) is 0 Å². The van der Waals surface area contributed by atoms with Gasteiger partial charge in [-0.05, 0) is 30.2 Å². The molecule has 170 valence electrons. The van der Waals surface area contributed by atoms with Gasteiger partial charge in [0.2, 0.25) is 0 Å². The second-order valence-corrected chi connectivity index (χ2v) is 5.92. The van der Waals surface area contributed by atoms with Crippen molar-refractivity contribution in [1.29, 1.82) is 0 Å². The highest BCUT2D eigenvalue weighted by Crippen LogP contribution is 2.16. The molecule has 2 aromatic carbocycles. The van der Waals surface area contributed by atoms with Gasteiger partial charge < -0.3 is 13.7 Å². The number of allylic oxidation sites excluding steroid dienone is 6. The third-order valence-corrected chi connectivity index (χ3v) is 4.00. The standard InChI is InChI=1S/C20H21B3O3.3C2H6/c1-3-5-13-18(12-4-2)21-24-22(19-14-8-6-9-15-19)26-23(25-21)20-16-10-7-11-17-20;3*1-2/h3-17H,1-2H3;3*1-2H3/b5-3-,12-4-,18-13+;;;. The lowest BCUT2D eigenvalue weighted by atomic mass is 9.61. The fourth-order valence-electron chi connectivity index (χ4n) is 2.74. The smallest absolute Gasteiger partial charge is 0.445 e. The molecule has 0 unspecified atom stereocenters. The third kappa shape index (κ3) is 9.91. The Balaban J connectivity index is 0.00000148. The maximum atomic E-state index is 6.14. The van der Waals surface area contributed by atoms with E-state index in [2.05, 4.69) is 0 Å². The first-order chi connectivity index (χ1) is 15.8. The van der Waals surface area contributed by atoms with Gasteiger partial charge in [0.15, 0.2) is 0 Å². The fourth-order valence-corrected chi connectivity index (χ4v) is 2.74. The topological polar surface area (TPSA) is 27.7 Å². The van der Waals surface area contributed by atoms with Gasteiger partial charge in [-0.1, -0.05) is 133 Å². The van der Waals surface area contributed by atoms with E-state index >= 15 is 0 Å².